The summed E-state index contributed by atoms with van der Waals surface area (Å²) in [6.07, 6.45) is 5.27. The molecule has 0 saturated heterocycles. The number of nitrogens with zero attached hydrogens (tertiary/aromatic N) is 3. The highest BCUT2D eigenvalue weighted by atomic mass is 16.5. The van der Waals surface area contributed by atoms with Crippen LogP contribution in [-0.2, 0) is 19.1 Å². The lowest BCUT2D eigenvalue weighted by Gasteiger charge is -1.95. The van der Waals surface area contributed by atoms with Crippen molar-refractivity contribution >= 4 is 29.7 Å². The van der Waals surface area contributed by atoms with E-state index in [4.69, 9.17) is 10.3 Å². The minimum Gasteiger partial charge on any atom is -0.461 e. The molecule has 0 aliphatic heterocycles. The number of aromatic nitrogens is 2. The van der Waals surface area contributed by atoms with Crippen LogP contribution in [0.1, 0.15) is 48.7 Å². The van der Waals surface area contributed by atoms with E-state index in [1.165, 1.54) is 19.9 Å². The summed E-state index contributed by atoms with van der Waals surface area (Å²) in [6, 6.07) is 1.38. The third-order valence-electron chi connectivity index (χ3n) is 2.09. The maximum absolute atomic E-state index is 11.1. The number of aromatic amines is 1. The molecule has 0 amide bonds. The Balaban J connectivity index is 0. The zero-order chi connectivity index (χ0) is 20.5. The zero-order valence-corrected chi connectivity index (χ0v) is 14.9. The fraction of sp³-hybridized carbons (Fsp3) is 0.375. The van der Waals surface area contributed by atoms with Crippen LogP contribution in [0.25, 0.3) is 5.53 Å². The second-order valence-electron chi connectivity index (χ2n) is 4.14. The Morgan fingerprint density at radius 1 is 1.27 bits per heavy atom. The van der Waals surface area contributed by atoms with Gasteiger partial charge in [-0.25, -0.2) is 9.59 Å². The van der Waals surface area contributed by atoms with Crippen LogP contribution < -0.4 is 0 Å². The number of ether oxygens (including phenoxy) is 2. The predicted molar refractivity (Wildman–Crippen MR) is 90.4 cm³/mol. The maximum atomic E-state index is 11.1. The van der Waals surface area contributed by atoms with Gasteiger partial charge in [0.25, 0.3) is 0 Å². The highest BCUT2D eigenvalue weighted by Crippen LogP contribution is 2.01. The molecule has 0 radical (unpaired) electrons. The van der Waals surface area contributed by atoms with E-state index in [0.29, 0.717) is 19.4 Å². The van der Waals surface area contributed by atoms with Gasteiger partial charge in [0, 0.05) is 19.9 Å². The molecule has 0 bridgehead atoms. The smallest absolute Gasteiger partial charge is 0.413 e. The number of nitrogens with one attached hydrogen (secondary N) is 1. The molecule has 1 aromatic rings. The minimum absolute atomic E-state index is 0.188. The van der Waals surface area contributed by atoms with Crippen molar-refractivity contribution in [2.75, 3.05) is 13.2 Å². The van der Waals surface area contributed by atoms with Gasteiger partial charge in [0.05, 0.1) is 13.2 Å². The van der Waals surface area contributed by atoms with Gasteiger partial charge >= 0.3 is 18.2 Å². The summed E-state index contributed by atoms with van der Waals surface area (Å²) >= 11 is 0. The molecular formula is C16H20N4O6. The van der Waals surface area contributed by atoms with E-state index < -0.39 is 11.9 Å². The van der Waals surface area contributed by atoms with Crippen molar-refractivity contribution in [3.8, 4) is 12.3 Å². The molecule has 10 nitrogen and oxygen atoms in total. The molecule has 0 spiro atoms. The molecule has 1 heterocycles. The lowest BCUT2D eigenvalue weighted by molar-refractivity contribution is -0.138. The van der Waals surface area contributed by atoms with E-state index in [2.05, 4.69) is 26.1 Å². The van der Waals surface area contributed by atoms with Gasteiger partial charge in [0.15, 0.2) is 5.78 Å². The van der Waals surface area contributed by atoms with Gasteiger partial charge in [-0.15, -0.1) is 6.42 Å². The Morgan fingerprint density at radius 2 is 1.81 bits per heavy atom. The Kier molecular flexibility index (Phi) is 14.2. The fourth-order valence-corrected chi connectivity index (χ4v) is 1.04. The van der Waals surface area contributed by atoms with E-state index >= 15 is 0 Å². The third kappa shape index (κ3) is 12.9. The molecule has 0 fully saturated rings. The van der Waals surface area contributed by atoms with Crippen molar-refractivity contribution in [3.63, 3.8) is 0 Å². The quantitative estimate of drug-likeness (QED) is 0.155. The van der Waals surface area contributed by atoms with Crippen molar-refractivity contribution < 1.29 is 33.4 Å². The fourth-order valence-electron chi connectivity index (χ4n) is 1.04. The topological polar surface area (TPSA) is 152 Å². The number of H-pyrrole nitrogens is 1. The molecule has 0 aliphatic rings. The maximum Gasteiger partial charge on any atom is 0.413 e. The Bertz CT molecular complexity index is 711. The average Bonchev–Trinajstić information content (AvgIpc) is 3.07. The van der Waals surface area contributed by atoms with Crippen molar-refractivity contribution in [1.29, 1.82) is 0 Å². The van der Waals surface area contributed by atoms with Crippen LogP contribution in [0.15, 0.2) is 6.07 Å². The Hall–Kier alpha value is -3.57. The van der Waals surface area contributed by atoms with Gasteiger partial charge in [0.1, 0.15) is 11.4 Å². The Morgan fingerprint density at radius 3 is 2.15 bits per heavy atom. The molecule has 0 saturated carbocycles. The van der Waals surface area contributed by atoms with Crippen LogP contribution in [0.3, 0.4) is 0 Å². The monoisotopic (exact) mass is 364 g/mol. The summed E-state index contributed by atoms with van der Waals surface area (Å²) < 4.78 is 9.03. The van der Waals surface area contributed by atoms with E-state index in [0.717, 1.165) is 0 Å². The van der Waals surface area contributed by atoms with Crippen LogP contribution in [0.5, 0.6) is 0 Å². The third-order valence-corrected chi connectivity index (χ3v) is 2.09. The van der Waals surface area contributed by atoms with Crippen LogP contribution in [0.4, 0.5) is 0 Å². The first kappa shape index (κ1) is 24.7. The molecule has 1 aromatic heterocycles. The van der Waals surface area contributed by atoms with Gasteiger partial charge in [-0.2, -0.15) is 9.89 Å². The van der Waals surface area contributed by atoms with Gasteiger partial charge < -0.3 is 15.0 Å². The number of Topliss-reactive ketones (excluding diaryl/α,β-unsaturated/α-hetero) is 2. The molecule has 1 N–H and O–H groups in total. The van der Waals surface area contributed by atoms with Gasteiger partial charge in [-0.3, -0.25) is 14.7 Å². The number of hydrogen-bond acceptors (Lipinski definition) is 7. The van der Waals surface area contributed by atoms with Gasteiger partial charge in [0.2, 0.25) is 5.78 Å². The molecule has 0 aromatic carbocycles. The van der Waals surface area contributed by atoms with E-state index in [-0.39, 0.29) is 23.0 Å². The molecule has 140 valence electrons. The largest absolute Gasteiger partial charge is 0.461 e. The molecule has 26 heavy (non-hydrogen) atoms. The average molecular weight is 364 g/mol. The van der Waals surface area contributed by atoms with Crippen molar-refractivity contribution in [2.45, 2.75) is 27.7 Å². The predicted octanol–water partition coefficient (Wildman–Crippen LogP) is 0.848. The van der Waals surface area contributed by atoms with Crippen molar-refractivity contribution in [1.82, 2.24) is 10.2 Å². The standard InChI is InChI=1S/C8H10N2O3.C4H6N2O2.C4H4O/c1-3-13-8(12)7-4-6(5(2)11)9-10-7;1-2-8-4(7)3-6-5;1-3-4(2)5/h4H,3H2,1-2H3,(H,9,10);3H,2H2,1H3;1H,2H3. The second-order valence-corrected chi connectivity index (χ2v) is 4.14. The number of esters is 2. The summed E-state index contributed by atoms with van der Waals surface area (Å²) in [5, 5.41) is 6.07. The van der Waals surface area contributed by atoms with E-state index in [1.807, 2.05) is 5.92 Å². The second kappa shape index (κ2) is 15.0. The summed E-state index contributed by atoms with van der Waals surface area (Å²) in [5.74, 6) is 0.356. The van der Waals surface area contributed by atoms with E-state index in [9.17, 15) is 19.2 Å². The van der Waals surface area contributed by atoms with Crippen LogP contribution in [0, 0.1) is 12.3 Å². The zero-order valence-electron chi connectivity index (χ0n) is 14.9. The number of rotatable bonds is 5. The van der Waals surface area contributed by atoms with Crippen LogP contribution >= 0.6 is 0 Å². The van der Waals surface area contributed by atoms with Crippen molar-refractivity contribution in [3.05, 3.63) is 23.0 Å². The summed E-state index contributed by atoms with van der Waals surface area (Å²) in [4.78, 5) is 44.0. The lowest BCUT2D eigenvalue weighted by Crippen LogP contribution is -2.04. The Labute approximate surface area is 150 Å². The van der Waals surface area contributed by atoms with Crippen LogP contribution in [0.2, 0.25) is 0 Å². The molecule has 10 heteroatoms. The number of carbonyl (C=O) groups excluding carboxylic acids is 4. The summed E-state index contributed by atoms with van der Waals surface area (Å²) in [7, 11) is 0. The number of terminal acetylenes is 1. The minimum atomic E-state index is -0.630. The normalized spacial score (nSPS) is 8.12. The van der Waals surface area contributed by atoms with Crippen molar-refractivity contribution in [2.24, 2.45) is 0 Å². The molecule has 0 unspecified atom stereocenters. The first-order chi connectivity index (χ1) is 12.2. The number of hydrogen-bond donors (Lipinski definition) is 1. The van der Waals surface area contributed by atoms with E-state index in [1.54, 1.807) is 13.8 Å². The molecule has 0 aliphatic carbocycles. The first-order valence-electron chi connectivity index (χ1n) is 7.28. The molecule has 1 rings (SSSR count). The number of ketones is 2. The highest BCUT2D eigenvalue weighted by molar-refractivity contribution is 6.20. The number of carbonyl (C=O) groups is 4. The summed E-state index contributed by atoms with van der Waals surface area (Å²) in [5.41, 5.74) is 8.17. The molecular weight excluding hydrogens is 344 g/mol. The first-order valence-corrected chi connectivity index (χ1v) is 7.28. The SMILES string of the molecule is C#CC(C)=O.CCOC(=O)C=[N+]=[N-].CCOC(=O)c1cc(C(C)=O)n[nH]1. The van der Waals surface area contributed by atoms with Crippen LogP contribution in [-0.4, -0.2) is 57.9 Å². The highest BCUT2D eigenvalue weighted by Gasteiger charge is 2.12. The lowest BCUT2D eigenvalue weighted by atomic mass is 10.3. The summed E-state index contributed by atoms with van der Waals surface area (Å²) in [6.45, 7) is 6.70. The molecule has 0 atom stereocenters. The van der Waals surface area contributed by atoms with Gasteiger partial charge in [-0.05, 0) is 19.8 Å². The van der Waals surface area contributed by atoms with Gasteiger partial charge in [-0.1, -0.05) is 0 Å².